The zero-order valence-corrected chi connectivity index (χ0v) is 21.7. The van der Waals surface area contributed by atoms with Crippen molar-refractivity contribution in [2.75, 3.05) is 18.5 Å². The molecule has 0 bridgehead atoms. The van der Waals surface area contributed by atoms with Gasteiger partial charge in [-0.3, -0.25) is 14.4 Å². The van der Waals surface area contributed by atoms with E-state index in [1.54, 1.807) is 23.1 Å². The molecule has 3 atom stereocenters. The minimum Gasteiger partial charge on any atom is -0.394 e. The topological polar surface area (TPSA) is 119 Å². The van der Waals surface area contributed by atoms with Crippen LogP contribution in [0.2, 0.25) is 0 Å². The first-order valence-electron chi connectivity index (χ1n) is 12.8. The van der Waals surface area contributed by atoms with Gasteiger partial charge < -0.3 is 25.6 Å². The molecule has 3 aromatic rings. The van der Waals surface area contributed by atoms with E-state index in [9.17, 15) is 19.5 Å². The molecule has 5 rings (SSSR count). The van der Waals surface area contributed by atoms with Crippen molar-refractivity contribution >= 4 is 40.0 Å². The lowest BCUT2D eigenvalue weighted by molar-refractivity contribution is -0.135. The van der Waals surface area contributed by atoms with Gasteiger partial charge in [-0.15, -0.1) is 0 Å². The van der Waals surface area contributed by atoms with Crippen LogP contribution in [-0.4, -0.2) is 57.9 Å². The lowest BCUT2D eigenvalue weighted by atomic mass is 9.79. The largest absolute Gasteiger partial charge is 0.394 e. The Balaban J connectivity index is 1.42. The second-order valence-electron chi connectivity index (χ2n) is 10.8. The van der Waals surface area contributed by atoms with E-state index in [1.807, 2.05) is 45.0 Å². The fraction of sp³-hybridized carbons (Fsp3) is 0.379. The highest BCUT2D eigenvalue weighted by Gasteiger charge is 2.56. The van der Waals surface area contributed by atoms with E-state index < -0.39 is 23.4 Å². The molecule has 38 heavy (non-hydrogen) atoms. The first-order valence-corrected chi connectivity index (χ1v) is 12.8. The summed E-state index contributed by atoms with van der Waals surface area (Å²) in [5, 5.41) is 16.9. The summed E-state index contributed by atoms with van der Waals surface area (Å²) in [5.41, 5.74) is 2.96. The maximum absolute atomic E-state index is 13.9. The number of fused-ring (bicyclic) bond motifs is 3. The Morgan fingerprint density at radius 2 is 2.03 bits per heavy atom. The molecule has 196 valence electrons. The number of aliphatic hydroxyl groups is 1. The molecule has 4 N–H and O–H groups in total. The molecule has 1 fully saturated rings. The van der Waals surface area contributed by atoms with Crippen molar-refractivity contribution in [2.45, 2.75) is 51.1 Å². The standard InChI is InChI=1S/C29H31N5O4/c1-16(2)9-25(32-26(36)24-12-20-17(3)10-18(30-4)11-23(20)31-24)27(37)34-15-29(13-19(34)14-35)21-7-5-6-8-22(21)33-28(29)38/h5-8,10-12,16,19,25,31,35H,9,13-15H2,1-3H3,(H,32,36)(H,33,38)/t19-,25-,29-/m0/s1. The number of anilines is 1. The number of hydrogen-bond acceptors (Lipinski definition) is 4. The van der Waals surface area contributed by atoms with E-state index in [0.29, 0.717) is 29.7 Å². The summed E-state index contributed by atoms with van der Waals surface area (Å²) in [6.07, 6.45) is 0.710. The van der Waals surface area contributed by atoms with Crippen LogP contribution in [-0.2, 0) is 15.0 Å². The monoisotopic (exact) mass is 513 g/mol. The molecule has 3 amide bonds. The van der Waals surface area contributed by atoms with Gasteiger partial charge in [-0.1, -0.05) is 43.7 Å². The van der Waals surface area contributed by atoms with Gasteiger partial charge in [0.25, 0.3) is 5.91 Å². The number of aromatic nitrogens is 1. The van der Waals surface area contributed by atoms with E-state index in [1.165, 1.54) is 0 Å². The van der Waals surface area contributed by atoms with Gasteiger partial charge in [-0.25, -0.2) is 4.85 Å². The lowest BCUT2D eigenvalue weighted by Gasteiger charge is -2.29. The van der Waals surface area contributed by atoms with Crippen LogP contribution < -0.4 is 10.6 Å². The summed E-state index contributed by atoms with van der Waals surface area (Å²) in [6, 6.07) is 11.3. The Hall–Kier alpha value is -4.16. The van der Waals surface area contributed by atoms with Crippen LogP contribution in [0.1, 0.15) is 48.3 Å². The number of carbonyl (C=O) groups excluding carboxylic acids is 3. The maximum atomic E-state index is 13.9. The number of likely N-dealkylation sites (tertiary alicyclic amines) is 1. The van der Waals surface area contributed by atoms with Crippen LogP contribution in [0.5, 0.6) is 0 Å². The number of amides is 3. The number of benzene rings is 2. The van der Waals surface area contributed by atoms with E-state index in [2.05, 4.69) is 20.5 Å². The third-order valence-electron chi connectivity index (χ3n) is 7.70. The van der Waals surface area contributed by atoms with Crippen molar-refractivity contribution in [2.24, 2.45) is 5.92 Å². The van der Waals surface area contributed by atoms with Crippen molar-refractivity contribution < 1.29 is 19.5 Å². The van der Waals surface area contributed by atoms with E-state index in [4.69, 9.17) is 6.57 Å². The molecule has 2 aromatic carbocycles. The zero-order valence-electron chi connectivity index (χ0n) is 21.7. The van der Waals surface area contributed by atoms with Gasteiger partial charge in [0.05, 0.1) is 24.6 Å². The highest BCUT2D eigenvalue weighted by atomic mass is 16.3. The first-order chi connectivity index (χ1) is 18.2. The molecule has 0 radical (unpaired) electrons. The summed E-state index contributed by atoms with van der Waals surface area (Å²) < 4.78 is 0. The minimum atomic E-state index is -0.929. The molecule has 1 spiro atoms. The summed E-state index contributed by atoms with van der Waals surface area (Å²) in [7, 11) is 0. The highest BCUT2D eigenvalue weighted by molar-refractivity contribution is 6.07. The quantitative estimate of drug-likeness (QED) is 0.376. The van der Waals surface area contributed by atoms with Crippen LogP contribution >= 0.6 is 0 Å². The fourth-order valence-electron chi connectivity index (χ4n) is 5.87. The lowest BCUT2D eigenvalue weighted by Crippen LogP contribution is -2.52. The van der Waals surface area contributed by atoms with Crippen molar-refractivity contribution in [1.29, 1.82) is 0 Å². The Bertz CT molecular complexity index is 1490. The Kier molecular flexibility index (Phi) is 6.45. The van der Waals surface area contributed by atoms with Crippen molar-refractivity contribution in [3.63, 3.8) is 0 Å². The summed E-state index contributed by atoms with van der Waals surface area (Å²) in [5.74, 6) is -0.815. The number of carbonyl (C=O) groups is 3. The van der Waals surface area contributed by atoms with Gasteiger partial charge in [-0.2, -0.15) is 0 Å². The molecular formula is C29H31N5O4. The van der Waals surface area contributed by atoms with Gasteiger partial charge in [0, 0.05) is 23.1 Å². The van der Waals surface area contributed by atoms with Gasteiger partial charge in [0.2, 0.25) is 11.8 Å². The van der Waals surface area contributed by atoms with Gasteiger partial charge in [-0.05, 0) is 49.4 Å². The van der Waals surface area contributed by atoms with Crippen LogP contribution in [0.15, 0.2) is 42.5 Å². The van der Waals surface area contributed by atoms with E-state index in [0.717, 1.165) is 22.2 Å². The highest BCUT2D eigenvalue weighted by Crippen LogP contribution is 2.46. The van der Waals surface area contributed by atoms with Crippen LogP contribution in [0.3, 0.4) is 0 Å². The molecule has 0 unspecified atom stereocenters. The predicted octanol–water partition coefficient (Wildman–Crippen LogP) is 3.65. The Morgan fingerprint density at radius 1 is 1.26 bits per heavy atom. The molecule has 1 saturated heterocycles. The number of aromatic amines is 1. The number of hydrogen-bond donors (Lipinski definition) is 4. The number of rotatable bonds is 6. The van der Waals surface area contributed by atoms with E-state index >= 15 is 0 Å². The van der Waals surface area contributed by atoms with Crippen LogP contribution in [0.4, 0.5) is 11.4 Å². The minimum absolute atomic E-state index is 0.107. The van der Waals surface area contributed by atoms with Crippen molar-refractivity contribution in [1.82, 2.24) is 15.2 Å². The number of H-pyrrole nitrogens is 1. The maximum Gasteiger partial charge on any atom is 0.268 e. The van der Waals surface area contributed by atoms with Crippen LogP contribution in [0, 0.1) is 19.4 Å². The van der Waals surface area contributed by atoms with Gasteiger partial charge in [0.1, 0.15) is 11.7 Å². The van der Waals surface area contributed by atoms with E-state index in [-0.39, 0.29) is 30.9 Å². The molecule has 0 aliphatic carbocycles. The smallest absolute Gasteiger partial charge is 0.268 e. The van der Waals surface area contributed by atoms with Crippen molar-refractivity contribution in [3.8, 4) is 0 Å². The molecule has 2 aliphatic heterocycles. The average molecular weight is 514 g/mol. The third kappa shape index (κ3) is 4.21. The second-order valence-corrected chi connectivity index (χ2v) is 10.8. The molecule has 9 heteroatoms. The molecule has 3 heterocycles. The fourth-order valence-corrected chi connectivity index (χ4v) is 5.87. The molecule has 9 nitrogen and oxygen atoms in total. The summed E-state index contributed by atoms with van der Waals surface area (Å²) >= 11 is 0. The van der Waals surface area contributed by atoms with Crippen LogP contribution in [0.25, 0.3) is 15.7 Å². The second kappa shape index (κ2) is 9.62. The number of para-hydroxylation sites is 1. The summed E-state index contributed by atoms with van der Waals surface area (Å²) in [4.78, 5) is 48.5. The predicted molar refractivity (Wildman–Crippen MR) is 144 cm³/mol. The average Bonchev–Trinajstić information content (AvgIpc) is 3.57. The first kappa shape index (κ1) is 25.5. The normalized spacial score (nSPS) is 21.0. The zero-order chi connectivity index (χ0) is 27.2. The number of aliphatic hydroxyl groups excluding tert-OH is 1. The van der Waals surface area contributed by atoms with Gasteiger partial charge in [0.15, 0.2) is 5.69 Å². The molecule has 2 aliphatic rings. The number of nitrogens with zero attached hydrogens (tertiary/aromatic N) is 2. The number of aryl methyl sites for hydroxylation is 1. The Labute approximate surface area is 221 Å². The SMILES string of the molecule is [C-]#[N+]c1cc(C)c2cc(C(=O)N[C@@H](CC(C)C)C(=O)N3C[C@]4(C[C@H]3CO)C(=O)Nc3ccccc34)[nH]c2c1. The summed E-state index contributed by atoms with van der Waals surface area (Å²) in [6.45, 7) is 13.0. The molecule has 1 aromatic heterocycles. The molecular weight excluding hydrogens is 482 g/mol. The van der Waals surface area contributed by atoms with Gasteiger partial charge >= 0.3 is 0 Å². The third-order valence-corrected chi connectivity index (χ3v) is 7.70. The molecule has 0 saturated carbocycles. The Morgan fingerprint density at radius 3 is 2.74 bits per heavy atom. The number of nitrogens with one attached hydrogen (secondary N) is 3. The van der Waals surface area contributed by atoms with Crippen molar-refractivity contribution in [3.05, 3.63) is 70.7 Å².